The summed E-state index contributed by atoms with van der Waals surface area (Å²) in [5.41, 5.74) is 2.84. The fraction of sp³-hybridized carbons (Fsp3) is 0.348. The SMILES string of the molecule is CCN(CCNC(=O)CN1N=C(c2ccc(OC)cc2)CCC1=O)c1ccccc1. The van der Waals surface area contributed by atoms with Crippen molar-refractivity contribution in [3.63, 3.8) is 0 Å². The molecule has 0 fully saturated rings. The number of carbonyl (C=O) groups excluding carboxylic acids is 2. The number of ether oxygens (including phenoxy) is 1. The van der Waals surface area contributed by atoms with E-state index in [1.165, 1.54) is 5.01 Å². The maximum absolute atomic E-state index is 12.4. The molecule has 7 heteroatoms. The third kappa shape index (κ3) is 5.59. The molecule has 1 aliphatic heterocycles. The summed E-state index contributed by atoms with van der Waals surface area (Å²) in [6.45, 7) is 4.05. The van der Waals surface area contributed by atoms with Gasteiger partial charge in [-0.3, -0.25) is 9.59 Å². The van der Waals surface area contributed by atoms with Crippen LogP contribution in [0.2, 0.25) is 0 Å². The van der Waals surface area contributed by atoms with E-state index in [4.69, 9.17) is 4.74 Å². The molecule has 2 aromatic rings. The minimum atomic E-state index is -0.216. The van der Waals surface area contributed by atoms with E-state index < -0.39 is 0 Å². The first kappa shape index (κ1) is 21.4. The molecule has 0 spiro atoms. The molecule has 0 aliphatic carbocycles. The number of benzene rings is 2. The number of hydrogen-bond donors (Lipinski definition) is 1. The lowest BCUT2D eigenvalue weighted by molar-refractivity contribution is -0.136. The number of likely N-dealkylation sites (N-methyl/N-ethyl adjacent to an activating group) is 1. The first-order chi connectivity index (χ1) is 14.6. The molecule has 7 nitrogen and oxygen atoms in total. The average molecular weight is 409 g/mol. The Kier molecular flexibility index (Phi) is 7.43. The van der Waals surface area contributed by atoms with Crippen LogP contribution in [0, 0.1) is 0 Å². The van der Waals surface area contributed by atoms with E-state index in [9.17, 15) is 9.59 Å². The molecule has 158 valence electrons. The van der Waals surface area contributed by atoms with Crippen molar-refractivity contribution in [3.05, 3.63) is 60.2 Å². The molecular formula is C23H28N4O3. The number of hydrogen-bond acceptors (Lipinski definition) is 5. The number of hydrazone groups is 1. The number of nitrogens with zero attached hydrogens (tertiary/aromatic N) is 3. The second-order valence-electron chi connectivity index (χ2n) is 6.99. The first-order valence-electron chi connectivity index (χ1n) is 10.2. The third-order valence-corrected chi connectivity index (χ3v) is 5.03. The molecule has 1 N–H and O–H groups in total. The van der Waals surface area contributed by atoms with Crippen molar-refractivity contribution in [2.24, 2.45) is 5.10 Å². The molecule has 0 atom stereocenters. The summed E-state index contributed by atoms with van der Waals surface area (Å²) < 4.78 is 5.18. The average Bonchev–Trinajstić information content (AvgIpc) is 2.79. The van der Waals surface area contributed by atoms with Gasteiger partial charge >= 0.3 is 0 Å². The van der Waals surface area contributed by atoms with E-state index in [1.807, 2.05) is 54.6 Å². The van der Waals surface area contributed by atoms with Crippen LogP contribution < -0.4 is 15.0 Å². The Morgan fingerprint density at radius 1 is 1.13 bits per heavy atom. The summed E-state index contributed by atoms with van der Waals surface area (Å²) >= 11 is 0. The van der Waals surface area contributed by atoms with Gasteiger partial charge in [0.15, 0.2) is 0 Å². The van der Waals surface area contributed by atoms with Crippen molar-refractivity contribution < 1.29 is 14.3 Å². The van der Waals surface area contributed by atoms with Crippen LogP contribution in [0.5, 0.6) is 5.75 Å². The van der Waals surface area contributed by atoms with Crippen molar-refractivity contribution in [2.75, 3.05) is 38.2 Å². The Bertz CT molecular complexity index is 881. The highest BCUT2D eigenvalue weighted by Gasteiger charge is 2.23. The Hall–Kier alpha value is -3.35. The van der Waals surface area contributed by atoms with Crippen LogP contribution in [0.1, 0.15) is 25.3 Å². The normalized spacial score (nSPS) is 13.6. The predicted octanol–water partition coefficient (Wildman–Crippen LogP) is 2.66. The Balaban J connectivity index is 1.54. The minimum absolute atomic E-state index is 0.0735. The maximum Gasteiger partial charge on any atom is 0.243 e. The number of carbonyl (C=O) groups is 2. The Morgan fingerprint density at radius 3 is 2.53 bits per heavy atom. The lowest BCUT2D eigenvalue weighted by Gasteiger charge is -2.25. The smallest absolute Gasteiger partial charge is 0.243 e. The molecule has 1 heterocycles. The van der Waals surface area contributed by atoms with Gasteiger partial charge in [-0.15, -0.1) is 0 Å². The molecule has 0 saturated heterocycles. The lowest BCUT2D eigenvalue weighted by Crippen LogP contribution is -2.42. The van der Waals surface area contributed by atoms with Gasteiger partial charge < -0.3 is 15.0 Å². The number of rotatable bonds is 9. The second-order valence-corrected chi connectivity index (χ2v) is 6.99. The lowest BCUT2D eigenvalue weighted by atomic mass is 10.0. The van der Waals surface area contributed by atoms with Crippen LogP contribution in [-0.4, -0.2) is 55.8 Å². The largest absolute Gasteiger partial charge is 0.497 e. The molecule has 2 aromatic carbocycles. The summed E-state index contributed by atoms with van der Waals surface area (Å²) in [4.78, 5) is 26.8. The summed E-state index contributed by atoms with van der Waals surface area (Å²) in [6, 6.07) is 17.6. The number of amides is 2. The van der Waals surface area contributed by atoms with Crippen molar-refractivity contribution in [1.82, 2.24) is 10.3 Å². The van der Waals surface area contributed by atoms with Crippen molar-refractivity contribution >= 4 is 23.2 Å². The molecule has 2 amide bonds. The molecule has 0 radical (unpaired) electrons. The van der Waals surface area contributed by atoms with Crippen LogP contribution in [0.4, 0.5) is 5.69 Å². The summed E-state index contributed by atoms with van der Waals surface area (Å²) in [5.74, 6) is 0.410. The molecule has 3 rings (SSSR count). The van der Waals surface area contributed by atoms with E-state index in [-0.39, 0.29) is 18.4 Å². The number of methoxy groups -OCH3 is 1. The third-order valence-electron chi connectivity index (χ3n) is 5.03. The van der Waals surface area contributed by atoms with Crippen molar-refractivity contribution in [3.8, 4) is 5.75 Å². The molecule has 1 aliphatic rings. The fourth-order valence-electron chi connectivity index (χ4n) is 3.35. The zero-order valence-corrected chi connectivity index (χ0v) is 17.5. The van der Waals surface area contributed by atoms with E-state index in [0.717, 1.165) is 29.3 Å². The van der Waals surface area contributed by atoms with Gasteiger partial charge in [0.2, 0.25) is 11.8 Å². The van der Waals surface area contributed by atoms with Gasteiger partial charge in [-0.05, 0) is 48.9 Å². The van der Waals surface area contributed by atoms with Gasteiger partial charge in [0, 0.05) is 38.2 Å². The van der Waals surface area contributed by atoms with Crippen LogP contribution in [0.15, 0.2) is 59.7 Å². The monoisotopic (exact) mass is 408 g/mol. The fourth-order valence-corrected chi connectivity index (χ4v) is 3.35. The van der Waals surface area contributed by atoms with Crippen molar-refractivity contribution in [2.45, 2.75) is 19.8 Å². The van der Waals surface area contributed by atoms with Gasteiger partial charge in [0.25, 0.3) is 0 Å². The number of anilines is 1. The van der Waals surface area contributed by atoms with Crippen LogP contribution in [0.3, 0.4) is 0 Å². The van der Waals surface area contributed by atoms with E-state index in [1.54, 1.807) is 7.11 Å². The van der Waals surface area contributed by atoms with Crippen molar-refractivity contribution in [1.29, 1.82) is 0 Å². The molecule has 0 unspecified atom stereocenters. The Morgan fingerprint density at radius 2 is 1.87 bits per heavy atom. The predicted molar refractivity (Wildman–Crippen MR) is 118 cm³/mol. The van der Waals surface area contributed by atoms with Gasteiger partial charge in [-0.25, -0.2) is 5.01 Å². The standard InChI is InChI=1S/C23H28N4O3/c1-3-26(19-7-5-4-6-8-19)16-15-24-22(28)17-27-23(29)14-13-21(25-27)18-9-11-20(30-2)12-10-18/h4-12H,3,13-17H2,1-2H3,(H,24,28). The van der Waals surface area contributed by atoms with Gasteiger partial charge in [0.05, 0.1) is 12.8 Å². The highest BCUT2D eigenvalue weighted by atomic mass is 16.5. The highest BCUT2D eigenvalue weighted by molar-refractivity contribution is 6.04. The van der Waals surface area contributed by atoms with Crippen LogP contribution in [0.25, 0.3) is 0 Å². The topological polar surface area (TPSA) is 74.2 Å². The van der Waals surface area contributed by atoms with Crippen LogP contribution >= 0.6 is 0 Å². The quantitative estimate of drug-likeness (QED) is 0.692. The Labute approximate surface area is 177 Å². The zero-order valence-electron chi connectivity index (χ0n) is 17.5. The minimum Gasteiger partial charge on any atom is -0.497 e. The molecular weight excluding hydrogens is 380 g/mol. The number of nitrogens with one attached hydrogen (secondary N) is 1. The maximum atomic E-state index is 12.4. The summed E-state index contributed by atoms with van der Waals surface area (Å²) in [5, 5.41) is 8.59. The second kappa shape index (κ2) is 10.4. The number of para-hydroxylation sites is 1. The molecule has 0 bridgehead atoms. The van der Waals surface area contributed by atoms with E-state index in [0.29, 0.717) is 25.9 Å². The molecule has 0 aromatic heterocycles. The van der Waals surface area contributed by atoms with E-state index in [2.05, 4.69) is 22.2 Å². The van der Waals surface area contributed by atoms with Crippen LogP contribution in [-0.2, 0) is 9.59 Å². The van der Waals surface area contributed by atoms with Gasteiger partial charge in [-0.1, -0.05) is 18.2 Å². The molecule has 30 heavy (non-hydrogen) atoms. The van der Waals surface area contributed by atoms with Gasteiger partial charge in [0.1, 0.15) is 12.3 Å². The highest BCUT2D eigenvalue weighted by Crippen LogP contribution is 2.18. The molecule has 0 saturated carbocycles. The first-order valence-corrected chi connectivity index (χ1v) is 10.2. The van der Waals surface area contributed by atoms with E-state index >= 15 is 0 Å². The summed E-state index contributed by atoms with van der Waals surface area (Å²) in [6.07, 6.45) is 0.904. The summed E-state index contributed by atoms with van der Waals surface area (Å²) in [7, 11) is 1.62. The van der Waals surface area contributed by atoms with Gasteiger partial charge in [-0.2, -0.15) is 5.10 Å². The zero-order chi connectivity index (χ0) is 21.3.